The molecule has 0 radical (unpaired) electrons. The highest BCUT2D eigenvalue weighted by Gasteiger charge is 2.32. The fraction of sp³-hybridized carbons (Fsp3) is 0.833. The largest absolute Gasteiger partial charge is 0.326 e. The number of nitriles is 1. The Hall–Kier alpha value is -0.690. The molecule has 0 saturated carbocycles. The van der Waals surface area contributed by atoms with E-state index in [-0.39, 0.29) is 17.2 Å². The molecular formula is C12H18N2OS. The molecule has 16 heavy (non-hydrogen) atoms. The molecule has 2 aliphatic heterocycles. The van der Waals surface area contributed by atoms with E-state index in [0.717, 1.165) is 44.4 Å². The smallest absolute Gasteiger partial charge is 0.236 e. The van der Waals surface area contributed by atoms with Crippen LogP contribution < -0.4 is 0 Å². The van der Waals surface area contributed by atoms with E-state index in [2.05, 4.69) is 6.07 Å². The third kappa shape index (κ3) is 2.52. The summed E-state index contributed by atoms with van der Waals surface area (Å²) in [6.45, 7) is 0.786. The highest BCUT2D eigenvalue weighted by molar-refractivity contribution is 8.00. The fourth-order valence-corrected chi connectivity index (χ4v) is 3.72. The summed E-state index contributed by atoms with van der Waals surface area (Å²) in [5.41, 5.74) is 0. The van der Waals surface area contributed by atoms with E-state index in [9.17, 15) is 4.79 Å². The van der Waals surface area contributed by atoms with Crippen molar-refractivity contribution < 1.29 is 4.79 Å². The number of amides is 1. The van der Waals surface area contributed by atoms with E-state index < -0.39 is 0 Å². The van der Waals surface area contributed by atoms with E-state index in [0.29, 0.717) is 0 Å². The Kier molecular flexibility index (Phi) is 4.11. The summed E-state index contributed by atoms with van der Waals surface area (Å²) in [7, 11) is 0. The van der Waals surface area contributed by atoms with E-state index in [1.54, 1.807) is 11.8 Å². The van der Waals surface area contributed by atoms with Gasteiger partial charge in [-0.2, -0.15) is 5.26 Å². The second kappa shape index (κ2) is 5.58. The van der Waals surface area contributed by atoms with Crippen LogP contribution in [0.2, 0.25) is 0 Å². The Morgan fingerprint density at radius 2 is 2.06 bits per heavy atom. The van der Waals surface area contributed by atoms with Crippen LogP contribution in [0.25, 0.3) is 0 Å². The van der Waals surface area contributed by atoms with Crippen molar-refractivity contribution in [2.75, 3.05) is 12.3 Å². The molecule has 3 nitrogen and oxygen atoms in total. The van der Waals surface area contributed by atoms with Crippen LogP contribution >= 0.6 is 11.8 Å². The zero-order valence-corrected chi connectivity index (χ0v) is 10.3. The maximum atomic E-state index is 12.3. The molecule has 1 amide bonds. The minimum atomic E-state index is -0.163. The zero-order valence-electron chi connectivity index (χ0n) is 9.52. The van der Waals surface area contributed by atoms with Gasteiger partial charge in [0.05, 0.1) is 11.3 Å². The van der Waals surface area contributed by atoms with Gasteiger partial charge < -0.3 is 4.90 Å². The number of piperidine rings is 1. The quantitative estimate of drug-likeness (QED) is 0.703. The Balaban J connectivity index is 1.98. The maximum absolute atomic E-state index is 12.3. The van der Waals surface area contributed by atoms with Crippen LogP contribution in [0.15, 0.2) is 0 Å². The van der Waals surface area contributed by atoms with Crippen molar-refractivity contribution >= 4 is 17.7 Å². The molecule has 0 aromatic carbocycles. The summed E-state index contributed by atoms with van der Waals surface area (Å²) in [6, 6.07) is 2.11. The van der Waals surface area contributed by atoms with E-state index >= 15 is 0 Å². The first-order chi connectivity index (χ1) is 7.83. The molecule has 2 saturated heterocycles. The average Bonchev–Trinajstić information content (AvgIpc) is 2.39. The van der Waals surface area contributed by atoms with Crippen LogP contribution in [-0.4, -0.2) is 34.4 Å². The highest BCUT2D eigenvalue weighted by Crippen LogP contribution is 2.28. The predicted molar refractivity (Wildman–Crippen MR) is 65.1 cm³/mol. The Bertz CT molecular complexity index is 294. The summed E-state index contributed by atoms with van der Waals surface area (Å²) in [5, 5.41) is 9.19. The van der Waals surface area contributed by atoms with Gasteiger partial charge in [-0.05, 0) is 37.9 Å². The molecule has 0 aliphatic carbocycles. The van der Waals surface area contributed by atoms with Gasteiger partial charge in [-0.1, -0.05) is 6.42 Å². The third-order valence-electron chi connectivity index (χ3n) is 3.39. The number of rotatable bonds is 1. The zero-order chi connectivity index (χ0) is 11.4. The highest BCUT2D eigenvalue weighted by atomic mass is 32.2. The van der Waals surface area contributed by atoms with Crippen molar-refractivity contribution in [3.05, 3.63) is 0 Å². The molecule has 0 aromatic rings. The number of likely N-dealkylation sites (tertiary alicyclic amines) is 1. The monoisotopic (exact) mass is 238 g/mol. The van der Waals surface area contributed by atoms with Gasteiger partial charge >= 0.3 is 0 Å². The minimum Gasteiger partial charge on any atom is -0.326 e. The summed E-state index contributed by atoms with van der Waals surface area (Å²) >= 11 is 1.78. The van der Waals surface area contributed by atoms with Crippen molar-refractivity contribution in [3.8, 4) is 6.07 Å². The van der Waals surface area contributed by atoms with Gasteiger partial charge in [0.25, 0.3) is 0 Å². The van der Waals surface area contributed by atoms with E-state index in [1.165, 1.54) is 6.42 Å². The molecule has 2 rings (SSSR count). The predicted octanol–water partition coefficient (Wildman–Crippen LogP) is 2.18. The van der Waals surface area contributed by atoms with Gasteiger partial charge in [0.15, 0.2) is 0 Å². The van der Waals surface area contributed by atoms with Crippen LogP contribution in [0.5, 0.6) is 0 Å². The number of carbonyl (C=O) groups excluding carboxylic acids is 1. The van der Waals surface area contributed by atoms with Crippen LogP contribution in [0.3, 0.4) is 0 Å². The molecule has 0 aromatic heterocycles. The van der Waals surface area contributed by atoms with Gasteiger partial charge in [0.2, 0.25) is 5.91 Å². The molecule has 2 fully saturated rings. The van der Waals surface area contributed by atoms with Crippen LogP contribution in [-0.2, 0) is 4.79 Å². The topological polar surface area (TPSA) is 44.1 Å². The lowest BCUT2D eigenvalue weighted by molar-refractivity contribution is -0.133. The molecule has 0 N–H and O–H groups in total. The van der Waals surface area contributed by atoms with E-state index in [1.807, 2.05) is 4.90 Å². The molecule has 0 bridgehead atoms. The Morgan fingerprint density at radius 1 is 1.25 bits per heavy atom. The molecule has 0 spiro atoms. The minimum absolute atomic E-state index is 0.127. The molecule has 2 heterocycles. The van der Waals surface area contributed by atoms with Gasteiger partial charge in [0, 0.05) is 6.54 Å². The van der Waals surface area contributed by atoms with Gasteiger partial charge in [-0.3, -0.25) is 4.79 Å². The van der Waals surface area contributed by atoms with Gasteiger partial charge in [-0.15, -0.1) is 11.8 Å². The number of thioether (sulfide) groups is 1. The van der Waals surface area contributed by atoms with Crippen molar-refractivity contribution in [2.45, 2.75) is 49.8 Å². The molecule has 2 atom stereocenters. The normalized spacial score (nSPS) is 30.8. The first-order valence-electron chi connectivity index (χ1n) is 6.14. The summed E-state index contributed by atoms with van der Waals surface area (Å²) in [5.74, 6) is 1.32. The molecule has 4 heteroatoms. The van der Waals surface area contributed by atoms with Gasteiger partial charge in [0.1, 0.15) is 6.04 Å². The molecule has 2 aliphatic rings. The Morgan fingerprint density at radius 3 is 2.75 bits per heavy atom. The number of nitrogens with zero attached hydrogens (tertiary/aromatic N) is 2. The van der Waals surface area contributed by atoms with Gasteiger partial charge in [-0.25, -0.2) is 0 Å². The van der Waals surface area contributed by atoms with Crippen molar-refractivity contribution in [3.63, 3.8) is 0 Å². The number of carbonyl (C=O) groups is 1. The number of hydrogen-bond donors (Lipinski definition) is 0. The van der Waals surface area contributed by atoms with E-state index in [4.69, 9.17) is 5.26 Å². The lowest BCUT2D eigenvalue weighted by Crippen LogP contribution is -2.47. The summed E-state index contributed by atoms with van der Waals surface area (Å²) in [4.78, 5) is 14.1. The third-order valence-corrected chi connectivity index (χ3v) is 4.75. The van der Waals surface area contributed by atoms with Crippen molar-refractivity contribution in [1.29, 1.82) is 5.26 Å². The van der Waals surface area contributed by atoms with Crippen molar-refractivity contribution in [1.82, 2.24) is 4.90 Å². The lowest BCUT2D eigenvalue weighted by atomic mass is 10.0. The lowest BCUT2D eigenvalue weighted by Gasteiger charge is -2.34. The summed E-state index contributed by atoms with van der Waals surface area (Å²) in [6.07, 6.45) is 6.39. The van der Waals surface area contributed by atoms with Crippen LogP contribution in [0.1, 0.15) is 38.5 Å². The Labute approximate surface area is 101 Å². The average molecular weight is 238 g/mol. The van der Waals surface area contributed by atoms with Crippen LogP contribution in [0.4, 0.5) is 0 Å². The SMILES string of the molecule is N#CC1CCCCN1C(=O)C1CCCCS1. The molecule has 2 unspecified atom stereocenters. The fourth-order valence-electron chi connectivity index (χ4n) is 2.45. The first kappa shape index (κ1) is 11.8. The molecule has 88 valence electrons. The standard InChI is InChI=1S/C12H18N2OS/c13-9-10-5-1-3-7-14(10)12(15)11-6-2-4-8-16-11/h10-11H,1-8H2. The van der Waals surface area contributed by atoms with Crippen molar-refractivity contribution in [2.24, 2.45) is 0 Å². The first-order valence-corrected chi connectivity index (χ1v) is 7.19. The second-order valence-corrected chi connectivity index (χ2v) is 5.84. The maximum Gasteiger partial charge on any atom is 0.236 e. The molecular weight excluding hydrogens is 220 g/mol. The second-order valence-electron chi connectivity index (χ2n) is 4.53. The number of hydrogen-bond acceptors (Lipinski definition) is 3. The van der Waals surface area contributed by atoms with Crippen LogP contribution in [0, 0.1) is 11.3 Å². The summed E-state index contributed by atoms with van der Waals surface area (Å²) < 4.78 is 0.